The number of carbonyl (C=O) groups is 2. The van der Waals surface area contributed by atoms with Gasteiger partial charge in [-0.1, -0.05) is 36.2 Å². The fraction of sp³-hybridized carbons (Fsp3) is 0.368. The first-order chi connectivity index (χ1) is 12.4. The van der Waals surface area contributed by atoms with Gasteiger partial charge in [0, 0.05) is 17.7 Å². The molecule has 0 aliphatic heterocycles. The van der Waals surface area contributed by atoms with Gasteiger partial charge in [0.05, 0.1) is 17.9 Å². The molecule has 0 fully saturated rings. The standard InChI is InChI=1S/C19H24BrN3O3/c1-4-6-12-11-23(3)17(18(21)24)16(12)22-19(25)14-10-13(20)7-8-15(14)26-9-5-2/h7-8,10-11H,4-6,9H2,1-3H3,(H2,21,24)(H,22,25). The number of nitrogens with two attached hydrogens (primary N) is 1. The molecule has 140 valence electrons. The Morgan fingerprint density at radius 1 is 1.27 bits per heavy atom. The van der Waals surface area contributed by atoms with Crippen LogP contribution in [0.4, 0.5) is 5.69 Å². The molecule has 2 amide bonds. The van der Waals surface area contributed by atoms with Gasteiger partial charge in [0.15, 0.2) is 0 Å². The van der Waals surface area contributed by atoms with Crippen LogP contribution in [0.1, 0.15) is 53.1 Å². The maximum atomic E-state index is 12.9. The van der Waals surface area contributed by atoms with Gasteiger partial charge < -0.3 is 20.4 Å². The van der Waals surface area contributed by atoms with Crippen molar-refractivity contribution in [2.75, 3.05) is 11.9 Å². The van der Waals surface area contributed by atoms with Crippen LogP contribution in [0.2, 0.25) is 0 Å². The summed E-state index contributed by atoms with van der Waals surface area (Å²) in [5.74, 6) is -0.425. The predicted octanol–water partition coefficient (Wildman–Crippen LogP) is 3.88. The van der Waals surface area contributed by atoms with Crippen LogP contribution in [0.3, 0.4) is 0 Å². The fourth-order valence-electron chi connectivity index (χ4n) is 2.79. The molecule has 1 aromatic heterocycles. The number of rotatable bonds is 8. The van der Waals surface area contributed by atoms with E-state index in [0.717, 1.165) is 29.3 Å². The van der Waals surface area contributed by atoms with Crippen LogP contribution in [0.25, 0.3) is 0 Å². The molecule has 1 aromatic carbocycles. The van der Waals surface area contributed by atoms with Crippen molar-refractivity contribution in [2.45, 2.75) is 33.1 Å². The van der Waals surface area contributed by atoms with E-state index in [1.165, 1.54) is 0 Å². The summed E-state index contributed by atoms with van der Waals surface area (Å²) in [5, 5.41) is 2.87. The highest BCUT2D eigenvalue weighted by Crippen LogP contribution is 2.28. The number of aryl methyl sites for hydroxylation is 2. The van der Waals surface area contributed by atoms with Gasteiger partial charge in [-0.2, -0.15) is 0 Å². The van der Waals surface area contributed by atoms with E-state index in [2.05, 4.69) is 21.2 Å². The van der Waals surface area contributed by atoms with Crippen molar-refractivity contribution in [3.63, 3.8) is 0 Å². The molecule has 6 nitrogen and oxygen atoms in total. The summed E-state index contributed by atoms with van der Waals surface area (Å²) < 4.78 is 8.10. The summed E-state index contributed by atoms with van der Waals surface area (Å²) >= 11 is 3.39. The average Bonchev–Trinajstić information content (AvgIpc) is 2.89. The molecule has 2 rings (SSSR count). The van der Waals surface area contributed by atoms with Crippen molar-refractivity contribution in [2.24, 2.45) is 12.8 Å². The quantitative estimate of drug-likeness (QED) is 0.677. The van der Waals surface area contributed by atoms with Crippen molar-refractivity contribution >= 4 is 33.4 Å². The molecule has 0 spiro atoms. The average molecular weight is 422 g/mol. The maximum Gasteiger partial charge on any atom is 0.267 e. The number of aromatic nitrogens is 1. The third-order valence-corrected chi connectivity index (χ3v) is 4.39. The topological polar surface area (TPSA) is 86.3 Å². The Bertz CT molecular complexity index is 815. The summed E-state index contributed by atoms with van der Waals surface area (Å²) in [6.45, 7) is 4.55. The summed E-state index contributed by atoms with van der Waals surface area (Å²) in [5.41, 5.74) is 7.54. The fourth-order valence-corrected chi connectivity index (χ4v) is 3.15. The normalized spacial score (nSPS) is 10.6. The number of hydrogen-bond acceptors (Lipinski definition) is 3. The lowest BCUT2D eigenvalue weighted by Crippen LogP contribution is -2.21. The van der Waals surface area contributed by atoms with Crippen LogP contribution in [-0.2, 0) is 13.5 Å². The Balaban J connectivity index is 2.41. The number of ether oxygens (including phenoxy) is 1. The first kappa shape index (κ1) is 20.0. The zero-order valence-electron chi connectivity index (χ0n) is 15.3. The third-order valence-electron chi connectivity index (χ3n) is 3.90. The number of nitrogens with one attached hydrogen (secondary N) is 1. The Kier molecular flexibility index (Phi) is 6.85. The number of nitrogens with zero attached hydrogens (tertiary/aromatic N) is 1. The van der Waals surface area contributed by atoms with Crippen LogP contribution in [-0.4, -0.2) is 23.0 Å². The Morgan fingerprint density at radius 2 is 2.00 bits per heavy atom. The molecule has 0 unspecified atom stereocenters. The van der Waals surface area contributed by atoms with E-state index < -0.39 is 5.91 Å². The minimum absolute atomic E-state index is 0.285. The molecule has 0 atom stereocenters. The molecule has 0 aliphatic carbocycles. The second-order valence-corrected chi connectivity index (χ2v) is 6.96. The zero-order valence-corrected chi connectivity index (χ0v) is 16.9. The van der Waals surface area contributed by atoms with Gasteiger partial charge >= 0.3 is 0 Å². The monoisotopic (exact) mass is 421 g/mol. The zero-order chi connectivity index (χ0) is 19.3. The van der Waals surface area contributed by atoms with Gasteiger partial charge in [-0.3, -0.25) is 9.59 Å². The molecule has 7 heteroatoms. The Labute approximate surface area is 161 Å². The first-order valence-electron chi connectivity index (χ1n) is 8.60. The lowest BCUT2D eigenvalue weighted by Gasteiger charge is -2.13. The molecule has 0 bridgehead atoms. The van der Waals surface area contributed by atoms with Crippen molar-refractivity contribution in [3.8, 4) is 5.75 Å². The Morgan fingerprint density at radius 3 is 2.62 bits per heavy atom. The van der Waals surface area contributed by atoms with Crippen molar-refractivity contribution in [3.05, 3.63) is 45.7 Å². The minimum atomic E-state index is -0.582. The second kappa shape index (κ2) is 8.89. The number of benzene rings is 1. The molecule has 1 heterocycles. The number of halogens is 1. The van der Waals surface area contributed by atoms with Crippen molar-refractivity contribution < 1.29 is 14.3 Å². The number of primary amides is 1. The van der Waals surface area contributed by atoms with E-state index in [4.69, 9.17) is 10.5 Å². The minimum Gasteiger partial charge on any atom is -0.493 e. The van der Waals surface area contributed by atoms with E-state index in [0.29, 0.717) is 23.6 Å². The molecular formula is C19H24BrN3O3. The molecule has 0 radical (unpaired) electrons. The number of carbonyl (C=O) groups excluding carboxylic acids is 2. The van der Waals surface area contributed by atoms with E-state index >= 15 is 0 Å². The lowest BCUT2D eigenvalue weighted by molar-refractivity contribution is 0.0993. The van der Waals surface area contributed by atoms with E-state index in [9.17, 15) is 9.59 Å². The van der Waals surface area contributed by atoms with Crippen LogP contribution in [0, 0.1) is 0 Å². The molecular weight excluding hydrogens is 398 g/mol. The van der Waals surface area contributed by atoms with Gasteiger partial charge in [-0.25, -0.2) is 0 Å². The highest BCUT2D eigenvalue weighted by atomic mass is 79.9. The Hall–Kier alpha value is -2.28. The summed E-state index contributed by atoms with van der Waals surface area (Å²) in [7, 11) is 1.74. The van der Waals surface area contributed by atoms with Crippen molar-refractivity contribution in [1.82, 2.24) is 4.57 Å². The second-order valence-electron chi connectivity index (χ2n) is 6.05. The maximum absolute atomic E-state index is 12.9. The molecule has 2 aromatic rings. The van der Waals surface area contributed by atoms with Gasteiger partial charge in [0.2, 0.25) is 0 Å². The molecule has 3 N–H and O–H groups in total. The van der Waals surface area contributed by atoms with Gasteiger partial charge in [-0.15, -0.1) is 0 Å². The summed E-state index contributed by atoms with van der Waals surface area (Å²) in [6, 6.07) is 5.27. The number of amides is 2. The lowest BCUT2D eigenvalue weighted by atomic mass is 10.1. The molecule has 0 aliphatic rings. The molecule has 0 saturated carbocycles. The first-order valence-corrected chi connectivity index (χ1v) is 9.40. The third kappa shape index (κ3) is 4.46. The van der Waals surface area contributed by atoms with Crippen LogP contribution < -0.4 is 15.8 Å². The summed E-state index contributed by atoms with van der Waals surface area (Å²) in [4.78, 5) is 24.8. The highest BCUT2D eigenvalue weighted by molar-refractivity contribution is 9.10. The smallest absolute Gasteiger partial charge is 0.267 e. The number of hydrogen-bond donors (Lipinski definition) is 2. The van der Waals surface area contributed by atoms with Crippen LogP contribution >= 0.6 is 15.9 Å². The van der Waals surface area contributed by atoms with E-state index in [1.807, 2.05) is 26.1 Å². The van der Waals surface area contributed by atoms with E-state index in [1.54, 1.807) is 23.7 Å². The molecule has 26 heavy (non-hydrogen) atoms. The summed E-state index contributed by atoms with van der Waals surface area (Å²) in [6.07, 6.45) is 4.28. The SMILES string of the molecule is CCCOc1ccc(Br)cc1C(=O)Nc1c(CCC)cn(C)c1C(N)=O. The van der Waals surface area contributed by atoms with Gasteiger partial charge in [-0.05, 0) is 36.6 Å². The molecule has 0 saturated heterocycles. The predicted molar refractivity (Wildman–Crippen MR) is 106 cm³/mol. The van der Waals surface area contributed by atoms with Gasteiger partial charge in [0.25, 0.3) is 11.8 Å². The van der Waals surface area contributed by atoms with Crippen LogP contribution in [0.5, 0.6) is 5.75 Å². The largest absolute Gasteiger partial charge is 0.493 e. The van der Waals surface area contributed by atoms with Gasteiger partial charge in [0.1, 0.15) is 11.4 Å². The van der Waals surface area contributed by atoms with Crippen molar-refractivity contribution in [1.29, 1.82) is 0 Å². The highest BCUT2D eigenvalue weighted by Gasteiger charge is 2.22. The van der Waals surface area contributed by atoms with Crippen LogP contribution in [0.15, 0.2) is 28.9 Å². The van der Waals surface area contributed by atoms with E-state index in [-0.39, 0.29) is 11.6 Å². The number of anilines is 1.